The zero-order valence-corrected chi connectivity index (χ0v) is 11.6. The van der Waals surface area contributed by atoms with Crippen LogP contribution in [0.4, 0.5) is 0 Å². The second kappa shape index (κ2) is 4.82. The van der Waals surface area contributed by atoms with Crippen molar-refractivity contribution in [3.05, 3.63) is 52.8 Å². The average molecular weight is 255 g/mol. The zero-order valence-electron chi connectivity index (χ0n) is 11.6. The number of hydrogen-bond donors (Lipinski definition) is 1. The van der Waals surface area contributed by atoms with Gasteiger partial charge in [0.1, 0.15) is 0 Å². The second-order valence-corrected chi connectivity index (χ2v) is 5.58. The summed E-state index contributed by atoms with van der Waals surface area (Å²) in [6, 6.07) is 8.69. The van der Waals surface area contributed by atoms with Crippen molar-refractivity contribution in [3.8, 4) is 0 Å². The van der Waals surface area contributed by atoms with Crippen molar-refractivity contribution in [3.63, 3.8) is 0 Å². The molecular weight excluding hydrogens is 234 g/mol. The van der Waals surface area contributed by atoms with E-state index < -0.39 is 0 Å². The molecule has 1 saturated carbocycles. The maximum absolute atomic E-state index is 6.41. The highest BCUT2D eigenvalue weighted by atomic mass is 15.3. The quantitative estimate of drug-likeness (QED) is 0.916. The highest BCUT2D eigenvalue weighted by molar-refractivity contribution is 5.36. The molecule has 3 rings (SSSR count). The van der Waals surface area contributed by atoms with Gasteiger partial charge in [0.25, 0.3) is 0 Å². The van der Waals surface area contributed by atoms with E-state index in [0.717, 1.165) is 17.2 Å². The molecule has 0 amide bonds. The van der Waals surface area contributed by atoms with E-state index in [1.54, 1.807) is 0 Å². The second-order valence-electron chi connectivity index (χ2n) is 5.58. The molecule has 1 aromatic carbocycles. The van der Waals surface area contributed by atoms with Crippen LogP contribution in [-0.2, 0) is 7.05 Å². The topological polar surface area (TPSA) is 43.8 Å². The van der Waals surface area contributed by atoms with Crippen LogP contribution in [0.2, 0.25) is 0 Å². The Hall–Kier alpha value is -1.61. The molecule has 1 atom stereocenters. The Balaban J connectivity index is 1.90. The lowest BCUT2D eigenvalue weighted by Crippen LogP contribution is -2.14. The molecule has 1 aliphatic carbocycles. The van der Waals surface area contributed by atoms with Crippen LogP contribution in [0.5, 0.6) is 0 Å². The summed E-state index contributed by atoms with van der Waals surface area (Å²) in [6.07, 6.45) is 5.90. The smallest absolute Gasteiger partial charge is 0.0585 e. The first kappa shape index (κ1) is 12.4. The van der Waals surface area contributed by atoms with Crippen LogP contribution in [0.25, 0.3) is 0 Å². The van der Waals surface area contributed by atoms with Crippen molar-refractivity contribution >= 4 is 0 Å². The van der Waals surface area contributed by atoms with E-state index in [1.165, 1.54) is 30.4 Å². The van der Waals surface area contributed by atoms with Crippen molar-refractivity contribution in [2.75, 3.05) is 0 Å². The monoisotopic (exact) mass is 255 g/mol. The number of rotatable bonds is 3. The molecule has 0 spiro atoms. The molecule has 0 radical (unpaired) electrons. The number of hydrogen-bond acceptors (Lipinski definition) is 2. The predicted molar refractivity (Wildman–Crippen MR) is 77.0 cm³/mol. The molecule has 0 saturated heterocycles. The van der Waals surface area contributed by atoms with Gasteiger partial charge in [-0.1, -0.05) is 30.7 Å². The Labute approximate surface area is 114 Å². The maximum Gasteiger partial charge on any atom is 0.0585 e. The Kier molecular flexibility index (Phi) is 3.15. The lowest BCUT2D eigenvalue weighted by Gasteiger charge is -2.26. The first-order chi connectivity index (χ1) is 9.16. The van der Waals surface area contributed by atoms with Crippen LogP contribution < -0.4 is 5.73 Å². The number of aryl methyl sites for hydroxylation is 1. The number of aromatic nitrogens is 2. The normalized spacial score (nSPS) is 17.2. The van der Waals surface area contributed by atoms with Gasteiger partial charge in [-0.25, -0.2) is 0 Å². The minimum atomic E-state index is -0.0753. The fraction of sp³-hybridized carbons (Fsp3) is 0.438. The average Bonchev–Trinajstić information content (AvgIpc) is 2.68. The molecule has 1 heterocycles. The summed E-state index contributed by atoms with van der Waals surface area (Å²) in [5.74, 6) is 0.752. The lowest BCUT2D eigenvalue weighted by atomic mass is 9.79. The molecule has 100 valence electrons. The minimum absolute atomic E-state index is 0.0753. The van der Waals surface area contributed by atoms with Crippen LogP contribution in [-0.4, -0.2) is 9.78 Å². The van der Waals surface area contributed by atoms with Gasteiger partial charge >= 0.3 is 0 Å². The molecule has 2 N–H and O–H groups in total. The van der Waals surface area contributed by atoms with Gasteiger partial charge in [0.2, 0.25) is 0 Å². The Morgan fingerprint density at radius 1 is 1.37 bits per heavy atom. The van der Waals surface area contributed by atoms with Crippen molar-refractivity contribution < 1.29 is 0 Å². The number of nitrogens with two attached hydrogens (primary N) is 1. The summed E-state index contributed by atoms with van der Waals surface area (Å²) in [7, 11) is 1.95. The van der Waals surface area contributed by atoms with Gasteiger partial charge in [0.15, 0.2) is 0 Å². The largest absolute Gasteiger partial charge is 0.320 e. The van der Waals surface area contributed by atoms with Gasteiger partial charge in [0.05, 0.1) is 12.2 Å². The molecule has 1 fully saturated rings. The van der Waals surface area contributed by atoms with Crippen molar-refractivity contribution in [2.24, 2.45) is 12.8 Å². The summed E-state index contributed by atoms with van der Waals surface area (Å²) in [5, 5.41) is 4.28. The summed E-state index contributed by atoms with van der Waals surface area (Å²) >= 11 is 0. The lowest BCUT2D eigenvalue weighted by molar-refractivity contribution is 0.419. The van der Waals surface area contributed by atoms with E-state index in [1.807, 2.05) is 17.9 Å². The molecule has 1 unspecified atom stereocenters. The van der Waals surface area contributed by atoms with Gasteiger partial charge in [0, 0.05) is 18.3 Å². The number of nitrogens with zero attached hydrogens (tertiary/aromatic N) is 2. The minimum Gasteiger partial charge on any atom is -0.320 e. The van der Waals surface area contributed by atoms with Gasteiger partial charge < -0.3 is 5.73 Å². The van der Waals surface area contributed by atoms with Crippen molar-refractivity contribution in [1.29, 1.82) is 0 Å². The summed E-state index contributed by atoms with van der Waals surface area (Å²) in [5.41, 5.74) is 11.3. The maximum atomic E-state index is 6.41. The highest BCUT2D eigenvalue weighted by Gasteiger charge is 2.21. The van der Waals surface area contributed by atoms with Gasteiger partial charge in [-0.15, -0.1) is 0 Å². The molecule has 2 aromatic rings. The third-order valence-corrected chi connectivity index (χ3v) is 4.45. The molecule has 0 aliphatic heterocycles. The van der Waals surface area contributed by atoms with Crippen LogP contribution in [0.1, 0.15) is 53.6 Å². The standard InChI is InChI=1S/C16H21N3/c1-11-15(10-18-19(11)2)16(17)14-8-4-7-13(9-14)12-5-3-6-12/h4,7-10,12,16H,3,5-6,17H2,1-2H3. The van der Waals surface area contributed by atoms with Crippen LogP contribution in [0.15, 0.2) is 30.5 Å². The Morgan fingerprint density at radius 3 is 2.74 bits per heavy atom. The molecule has 3 nitrogen and oxygen atoms in total. The summed E-state index contributed by atoms with van der Waals surface area (Å²) in [6.45, 7) is 2.07. The first-order valence-corrected chi connectivity index (χ1v) is 7.00. The van der Waals surface area contributed by atoms with E-state index in [-0.39, 0.29) is 6.04 Å². The first-order valence-electron chi connectivity index (χ1n) is 7.00. The predicted octanol–water partition coefficient (Wildman–Crippen LogP) is 3.04. The third kappa shape index (κ3) is 2.19. The molecule has 0 bridgehead atoms. The van der Waals surface area contributed by atoms with Crippen molar-refractivity contribution in [1.82, 2.24) is 9.78 Å². The Morgan fingerprint density at radius 2 is 2.16 bits per heavy atom. The van der Waals surface area contributed by atoms with Gasteiger partial charge in [-0.2, -0.15) is 5.10 Å². The van der Waals surface area contributed by atoms with E-state index in [4.69, 9.17) is 5.73 Å². The third-order valence-electron chi connectivity index (χ3n) is 4.45. The molecule has 19 heavy (non-hydrogen) atoms. The molecule has 1 aromatic heterocycles. The van der Waals surface area contributed by atoms with E-state index >= 15 is 0 Å². The van der Waals surface area contributed by atoms with Crippen LogP contribution >= 0.6 is 0 Å². The van der Waals surface area contributed by atoms with Crippen LogP contribution in [0, 0.1) is 6.92 Å². The van der Waals surface area contributed by atoms with Gasteiger partial charge in [-0.05, 0) is 36.8 Å². The zero-order chi connectivity index (χ0) is 13.4. The molecule has 3 heteroatoms. The summed E-state index contributed by atoms with van der Waals surface area (Å²) in [4.78, 5) is 0. The fourth-order valence-corrected chi connectivity index (χ4v) is 2.75. The molecule has 1 aliphatic rings. The van der Waals surface area contributed by atoms with Gasteiger partial charge in [-0.3, -0.25) is 4.68 Å². The summed E-state index contributed by atoms with van der Waals surface area (Å²) < 4.78 is 1.88. The van der Waals surface area contributed by atoms with E-state index in [2.05, 4.69) is 36.3 Å². The molecular formula is C16H21N3. The van der Waals surface area contributed by atoms with E-state index in [0.29, 0.717) is 0 Å². The number of benzene rings is 1. The van der Waals surface area contributed by atoms with Crippen molar-refractivity contribution in [2.45, 2.75) is 38.1 Å². The Bertz CT molecular complexity index is 581. The van der Waals surface area contributed by atoms with Crippen LogP contribution in [0.3, 0.4) is 0 Å². The highest BCUT2D eigenvalue weighted by Crippen LogP contribution is 2.37. The SMILES string of the molecule is Cc1c(C(N)c2cccc(C3CCC3)c2)cnn1C. The fourth-order valence-electron chi connectivity index (χ4n) is 2.75. The van der Waals surface area contributed by atoms with E-state index in [9.17, 15) is 0 Å².